The molecule has 1 amide bonds. The minimum atomic E-state index is -0.0315. The second-order valence-corrected chi connectivity index (χ2v) is 6.27. The highest BCUT2D eigenvalue weighted by Gasteiger charge is 2.20. The Hall–Kier alpha value is -2.47. The lowest BCUT2D eigenvalue weighted by Crippen LogP contribution is -2.31. The number of amides is 1. The summed E-state index contributed by atoms with van der Waals surface area (Å²) in [6.07, 6.45) is 2.55. The number of aromatic nitrogens is 3. The summed E-state index contributed by atoms with van der Waals surface area (Å²) in [4.78, 5) is 24.2. The molecular formula is C17H13BrN4O. The van der Waals surface area contributed by atoms with Crippen LogP contribution in [-0.4, -0.2) is 27.4 Å². The molecule has 2 N–H and O–H groups in total. The lowest BCUT2D eigenvalue weighted by molar-refractivity contribution is 0.0946. The molecule has 23 heavy (non-hydrogen) atoms. The molecule has 0 aliphatic carbocycles. The number of carbonyl (C=O) groups is 1. The summed E-state index contributed by atoms with van der Waals surface area (Å²) in [5, 5.41) is 2.85. The molecule has 6 heteroatoms. The Labute approximate surface area is 141 Å². The monoisotopic (exact) mass is 368 g/mol. The van der Waals surface area contributed by atoms with Crippen molar-refractivity contribution in [2.45, 2.75) is 6.42 Å². The van der Waals surface area contributed by atoms with Gasteiger partial charge >= 0.3 is 0 Å². The largest absolute Gasteiger partial charge is 0.356 e. The highest BCUT2D eigenvalue weighted by atomic mass is 79.9. The zero-order valence-corrected chi connectivity index (χ0v) is 13.7. The first kappa shape index (κ1) is 14.1. The Bertz CT molecular complexity index is 886. The molecular weight excluding hydrogens is 356 g/mol. The minimum Gasteiger partial charge on any atom is -0.356 e. The van der Waals surface area contributed by atoms with Crippen molar-refractivity contribution < 1.29 is 4.79 Å². The van der Waals surface area contributed by atoms with E-state index in [0.717, 1.165) is 33.5 Å². The van der Waals surface area contributed by atoms with Gasteiger partial charge in [0, 0.05) is 34.9 Å². The third-order valence-electron chi connectivity index (χ3n) is 3.84. The van der Waals surface area contributed by atoms with Crippen LogP contribution in [0, 0.1) is 0 Å². The molecule has 0 fully saturated rings. The Kier molecular flexibility index (Phi) is 3.46. The fraction of sp³-hybridized carbons (Fsp3) is 0.118. The van der Waals surface area contributed by atoms with E-state index in [-0.39, 0.29) is 5.91 Å². The van der Waals surface area contributed by atoms with Crippen molar-refractivity contribution in [2.24, 2.45) is 0 Å². The number of benzene rings is 1. The summed E-state index contributed by atoms with van der Waals surface area (Å²) in [6.45, 7) is 0.666. The fourth-order valence-corrected chi connectivity index (χ4v) is 2.94. The fourth-order valence-electron chi connectivity index (χ4n) is 2.68. The molecule has 0 radical (unpaired) electrons. The van der Waals surface area contributed by atoms with Gasteiger partial charge in [-0.25, -0.2) is 9.97 Å². The molecule has 4 rings (SSSR count). The maximum atomic E-state index is 11.9. The predicted octanol–water partition coefficient (Wildman–Crippen LogP) is 3.19. The van der Waals surface area contributed by atoms with Crippen LogP contribution in [-0.2, 0) is 6.42 Å². The Morgan fingerprint density at radius 1 is 1.13 bits per heavy atom. The Balaban J connectivity index is 1.74. The number of aromatic amines is 1. The molecule has 3 aromatic rings. The number of H-pyrrole nitrogens is 1. The number of halogens is 1. The van der Waals surface area contributed by atoms with Crippen LogP contribution in [0.15, 0.2) is 47.1 Å². The number of fused-ring (bicyclic) bond motifs is 1. The van der Waals surface area contributed by atoms with Crippen molar-refractivity contribution in [2.75, 3.05) is 6.54 Å². The van der Waals surface area contributed by atoms with Gasteiger partial charge in [0.15, 0.2) is 5.82 Å². The van der Waals surface area contributed by atoms with Gasteiger partial charge in [0.05, 0.1) is 17.0 Å². The highest BCUT2D eigenvalue weighted by Crippen LogP contribution is 2.25. The molecule has 1 aromatic carbocycles. The van der Waals surface area contributed by atoms with Crippen molar-refractivity contribution in [3.8, 4) is 22.8 Å². The minimum absolute atomic E-state index is 0.0315. The van der Waals surface area contributed by atoms with E-state index in [0.29, 0.717) is 17.9 Å². The van der Waals surface area contributed by atoms with Crippen LogP contribution < -0.4 is 5.32 Å². The van der Waals surface area contributed by atoms with Crippen LogP contribution in [0.25, 0.3) is 22.8 Å². The molecule has 0 spiro atoms. The summed E-state index contributed by atoms with van der Waals surface area (Å²) < 4.78 is 1.01. The maximum Gasteiger partial charge on any atom is 0.253 e. The van der Waals surface area contributed by atoms with Gasteiger partial charge in [0.25, 0.3) is 5.91 Å². The van der Waals surface area contributed by atoms with Crippen molar-refractivity contribution in [3.63, 3.8) is 0 Å². The zero-order chi connectivity index (χ0) is 15.8. The molecule has 0 bridgehead atoms. The second kappa shape index (κ2) is 5.62. The van der Waals surface area contributed by atoms with Crippen LogP contribution >= 0.6 is 15.9 Å². The standard InChI is InChI=1S/C17H13BrN4O/c18-11-3-1-10(2-4-11)16-19-7-6-14(22-16)15-9-12-13(21-15)5-8-20-17(12)23/h1-4,6-7,9,21H,5,8H2,(H,20,23). The first-order chi connectivity index (χ1) is 11.2. The maximum absolute atomic E-state index is 11.9. The second-order valence-electron chi connectivity index (χ2n) is 5.35. The summed E-state index contributed by atoms with van der Waals surface area (Å²) >= 11 is 3.42. The highest BCUT2D eigenvalue weighted by molar-refractivity contribution is 9.10. The molecule has 1 aliphatic rings. The summed E-state index contributed by atoms with van der Waals surface area (Å²) in [5.41, 5.74) is 4.24. The molecule has 0 atom stereocenters. The molecule has 3 heterocycles. The average Bonchev–Trinajstić information content (AvgIpc) is 3.01. The lowest BCUT2D eigenvalue weighted by atomic mass is 10.1. The number of nitrogens with one attached hydrogen (secondary N) is 2. The molecule has 0 saturated heterocycles. The normalized spacial score (nSPS) is 13.5. The molecule has 2 aromatic heterocycles. The summed E-state index contributed by atoms with van der Waals surface area (Å²) in [5.74, 6) is 0.628. The first-order valence-electron chi connectivity index (χ1n) is 7.30. The Morgan fingerprint density at radius 3 is 2.74 bits per heavy atom. The van der Waals surface area contributed by atoms with Crippen molar-refractivity contribution in [1.82, 2.24) is 20.3 Å². The number of hydrogen-bond acceptors (Lipinski definition) is 3. The van der Waals surface area contributed by atoms with E-state index >= 15 is 0 Å². The van der Waals surface area contributed by atoms with Gasteiger partial charge in [0.2, 0.25) is 0 Å². The van der Waals surface area contributed by atoms with Gasteiger partial charge in [-0.2, -0.15) is 0 Å². The van der Waals surface area contributed by atoms with Crippen LogP contribution in [0.1, 0.15) is 16.1 Å². The van der Waals surface area contributed by atoms with Crippen molar-refractivity contribution in [3.05, 3.63) is 58.3 Å². The van der Waals surface area contributed by atoms with Gasteiger partial charge < -0.3 is 10.3 Å². The van der Waals surface area contributed by atoms with E-state index in [9.17, 15) is 4.79 Å². The molecule has 5 nitrogen and oxygen atoms in total. The van der Waals surface area contributed by atoms with E-state index in [1.54, 1.807) is 6.20 Å². The van der Waals surface area contributed by atoms with Crippen LogP contribution in [0.4, 0.5) is 0 Å². The van der Waals surface area contributed by atoms with E-state index in [1.165, 1.54) is 0 Å². The molecule has 0 unspecified atom stereocenters. The van der Waals surface area contributed by atoms with Crippen molar-refractivity contribution in [1.29, 1.82) is 0 Å². The number of nitrogens with zero attached hydrogens (tertiary/aromatic N) is 2. The van der Waals surface area contributed by atoms with E-state index in [1.807, 2.05) is 36.4 Å². The van der Waals surface area contributed by atoms with Crippen molar-refractivity contribution >= 4 is 21.8 Å². The smallest absolute Gasteiger partial charge is 0.253 e. The summed E-state index contributed by atoms with van der Waals surface area (Å²) in [6, 6.07) is 11.6. The molecule has 0 saturated carbocycles. The SMILES string of the molecule is O=C1NCCc2[nH]c(-c3ccnc(-c4ccc(Br)cc4)n3)cc21. The van der Waals surface area contributed by atoms with Crippen LogP contribution in [0.3, 0.4) is 0 Å². The van der Waals surface area contributed by atoms with Gasteiger partial charge in [-0.3, -0.25) is 4.79 Å². The topological polar surface area (TPSA) is 70.7 Å². The van der Waals surface area contributed by atoms with Gasteiger partial charge in [-0.1, -0.05) is 28.1 Å². The first-order valence-corrected chi connectivity index (χ1v) is 8.09. The van der Waals surface area contributed by atoms with E-state index in [2.05, 4.69) is 36.2 Å². The molecule has 114 valence electrons. The predicted molar refractivity (Wildman–Crippen MR) is 91.0 cm³/mol. The quantitative estimate of drug-likeness (QED) is 0.729. The third kappa shape index (κ3) is 2.66. The number of rotatable bonds is 2. The summed E-state index contributed by atoms with van der Waals surface area (Å²) in [7, 11) is 0. The van der Waals surface area contributed by atoms with Gasteiger partial charge in [0.1, 0.15) is 0 Å². The van der Waals surface area contributed by atoms with Gasteiger partial charge in [-0.05, 0) is 24.3 Å². The average molecular weight is 369 g/mol. The Morgan fingerprint density at radius 2 is 1.96 bits per heavy atom. The van der Waals surface area contributed by atoms with Crippen LogP contribution in [0.5, 0.6) is 0 Å². The van der Waals surface area contributed by atoms with E-state index < -0.39 is 0 Å². The van der Waals surface area contributed by atoms with Gasteiger partial charge in [-0.15, -0.1) is 0 Å². The van der Waals surface area contributed by atoms with Crippen LogP contribution in [0.2, 0.25) is 0 Å². The number of hydrogen-bond donors (Lipinski definition) is 2. The van der Waals surface area contributed by atoms with E-state index in [4.69, 9.17) is 0 Å². The third-order valence-corrected chi connectivity index (χ3v) is 4.37. The lowest BCUT2D eigenvalue weighted by Gasteiger charge is -2.10. The zero-order valence-electron chi connectivity index (χ0n) is 12.1. The number of carbonyl (C=O) groups excluding carboxylic acids is 1. The molecule has 1 aliphatic heterocycles.